The zero-order valence-corrected chi connectivity index (χ0v) is 17.7. The number of benzene rings is 3. The molecular formula is C25H20ClN3O2. The first-order chi connectivity index (χ1) is 15.0. The number of halogens is 1. The quantitative estimate of drug-likeness (QED) is 0.680. The molecule has 0 spiro atoms. The van der Waals surface area contributed by atoms with Gasteiger partial charge in [0.15, 0.2) is 0 Å². The van der Waals surface area contributed by atoms with Gasteiger partial charge in [-0.05, 0) is 43.2 Å². The first-order valence-electron chi connectivity index (χ1n) is 10.2. The molecule has 2 heterocycles. The van der Waals surface area contributed by atoms with Crippen LogP contribution in [-0.2, 0) is 11.2 Å². The molecule has 2 aliphatic heterocycles. The minimum Gasteiger partial charge on any atom is -0.322 e. The van der Waals surface area contributed by atoms with E-state index >= 15 is 0 Å². The highest BCUT2D eigenvalue weighted by Gasteiger charge is 2.37. The molecule has 0 saturated heterocycles. The van der Waals surface area contributed by atoms with Gasteiger partial charge < -0.3 is 10.2 Å². The highest BCUT2D eigenvalue weighted by molar-refractivity contribution is 6.31. The van der Waals surface area contributed by atoms with Crippen LogP contribution in [0.5, 0.6) is 0 Å². The van der Waals surface area contributed by atoms with Crippen LogP contribution in [0.1, 0.15) is 32.6 Å². The van der Waals surface area contributed by atoms with Crippen LogP contribution in [-0.4, -0.2) is 30.2 Å². The molecule has 0 saturated carbocycles. The van der Waals surface area contributed by atoms with Crippen LogP contribution < -0.4 is 10.2 Å². The van der Waals surface area contributed by atoms with Gasteiger partial charge in [-0.25, -0.2) is 4.99 Å². The second-order valence-electron chi connectivity index (χ2n) is 7.79. The van der Waals surface area contributed by atoms with Crippen LogP contribution in [0.3, 0.4) is 0 Å². The summed E-state index contributed by atoms with van der Waals surface area (Å²) in [6.45, 7) is 2.62. The summed E-state index contributed by atoms with van der Waals surface area (Å²) in [5.74, 6) is -0.622. The SMILES string of the molecule is Cc1cc2c3c(c1)C(c1ccccc1)=N[C@@H](NC(=O)c1cccc(Cl)c1)C(=O)N3CC2. The number of hydrogen-bond donors (Lipinski definition) is 1. The number of aryl methyl sites for hydroxylation is 1. The number of carbonyl (C=O) groups excluding carboxylic acids is 2. The highest BCUT2D eigenvalue weighted by Crippen LogP contribution is 2.37. The van der Waals surface area contributed by atoms with E-state index in [0.29, 0.717) is 22.8 Å². The molecule has 5 rings (SSSR count). The summed E-state index contributed by atoms with van der Waals surface area (Å²) < 4.78 is 0. The van der Waals surface area contributed by atoms with E-state index in [9.17, 15) is 9.59 Å². The molecule has 6 heteroatoms. The Kier molecular flexibility index (Phi) is 4.83. The van der Waals surface area contributed by atoms with E-state index in [-0.39, 0.29) is 5.91 Å². The molecule has 154 valence electrons. The molecule has 31 heavy (non-hydrogen) atoms. The molecule has 0 radical (unpaired) electrons. The molecule has 0 fully saturated rings. The Morgan fingerprint density at radius 3 is 2.68 bits per heavy atom. The van der Waals surface area contributed by atoms with Gasteiger partial charge in [0.2, 0.25) is 6.17 Å². The lowest BCUT2D eigenvalue weighted by Crippen LogP contribution is -2.46. The van der Waals surface area contributed by atoms with Gasteiger partial charge in [0.05, 0.1) is 11.4 Å². The maximum atomic E-state index is 13.4. The summed E-state index contributed by atoms with van der Waals surface area (Å²) >= 11 is 6.04. The second-order valence-corrected chi connectivity index (χ2v) is 8.23. The van der Waals surface area contributed by atoms with E-state index in [1.807, 2.05) is 37.3 Å². The Morgan fingerprint density at radius 2 is 1.90 bits per heavy atom. The third kappa shape index (κ3) is 3.51. The molecule has 1 N–H and O–H groups in total. The lowest BCUT2D eigenvalue weighted by atomic mass is 9.96. The van der Waals surface area contributed by atoms with Crippen molar-refractivity contribution >= 4 is 34.8 Å². The Labute approximate surface area is 185 Å². The molecule has 3 aromatic carbocycles. The first-order valence-corrected chi connectivity index (χ1v) is 10.5. The van der Waals surface area contributed by atoms with Crippen molar-refractivity contribution < 1.29 is 9.59 Å². The van der Waals surface area contributed by atoms with Crippen LogP contribution in [0.25, 0.3) is 0 Å². The average molecular weight is 430 g/mol. The van der Waals surface area contributed by atoms with Crippen molar-refractivity contribution in [2.45, 2.75) is 19.5 Å². The second kappa shape index (κ2) is 7.67. The zero-order valence-electron chi connectivity index (χ0n) is 16.9. The van der Waals surface area contributed by atoms with Gasteiger partial charge in [-0.3, -0.25) is 9.59 Å². The van der Waals surface area contributed by atoms with Gasteiger partial charge >= 0.3 is 0 Å². The molecule has 3 aromatic rings. The number of carbonyl (C=O) groups is 2. The molecule has 1 atom stereocenters. The molecule has 2 amide bonds. The summed E-state index contributed by atoms with van der Waals surface area (Å²) in [6.07, 6.45) is -0.243. The van der Waals surface area contributed by atoms with Crippen molar-refractivity contribution in [3.8, 4) is 0 Å². The van der Waals surface area contributed by atoms with Gasteiger partial charge in [-0.15, -0.1) is 0 Å². The number of aliphatic imine (C=N–C) groups is 1. The van der Waals surface area contributed by atoms with Crippen LogP contribution in [0.2, 0.25) is 5.02 Å². The smallest absolute Gasteiger partial charge is 0.272 e. The fourth-order valence-corrected chi connectivity index (χ4v) is 4.46. The average Bonchev–Trinajstić information content (AvgIpc) is 3.15. The molecule has 0 aliphatic carbocycles. The van der Waals surface area contributed by atoms with E-state index in [2.05, 4.69) is 17.4 Å². The van der Waals surface area contributed by atoms with Crippen molar-refractivity contribution in [1.82, 2.24) is 5.32 Å². The van der Waals surface area contributed by atoms with Crippen molar-refractivity contribution in [2.75, 3.05) is 11.4 Å². The minimum absolute atomic E-state index is 0.231. The van der Waals surface area contributed by atoms with Crippen LogP contribution in [0.4, 0.5) is 5.69 Å². The van der Waals surface area contributed by atoms with Crippen molar-refractivity contribution in [3.05, 3.63) is 99.6 Å². The number of rotatable bonds is 3. The summed E-state index contributed by atoms with van der Waals surface area (Å²) in [5, 5.41) is 3.27. The van der Waals surface area contributed by atoms with Gasteiger partial charge in [-0.2, -0.15) is 0 Å². The standard InChI is InChI=1S/C25H20ClN3O2/c1-15-12-17-10-11-29-22(17)20(13-15)21(16-6-3-2-4-7-16)27-23(25(29)31)28-24(30)18-8-5-9-19(26)14-18/h2-9,12-14,23H,10-11H2,1H3,(H,28,30)/t23-/m0/s1. The van der Waals surface area contributed by atoms with E-state index in [0.717, 1.165) is 34.4 Å². The number of hydrogen-bond acceptors (Lipinski definition) is 3. The molecule has 2 aliphatic rings. The lowest BCUT2D eigenvalue weighted by Gasteiger charge is -2.21. The monoisotopic (exact) mass is 429 g/mol. The molecular weight excluding hydrogens is 410 g/mol. The fraction of sp³-hybridized carbons (Fsp3) is 0.160. The van der Waals surface area contributed by atoms with Crippen LogP contribution in [0.15, 0.2) is 71.7 Å². The van der Waals surface area contributed by atoms with Crippen molar-refractivity contribution in [1.29, 1.82) is 0 Å². The number of nitrogens with zero attached hydrogens (tertiary/aromatic N) is 2. The van der Waals surface area contributed by atoms with E-state index in [1.54, 1.807) is 29.2 Å². The lowest BCUT2D eigenvalue weighted by molar-refractivity contribution is -0.120. The predicted molar refractivity (Wildman–Crippen MR) is 122 cm³/mol. The number of amides is 2. The van der Waals surface area contributed by atoms with Gasteiger partial charge in [0.1, 0.15) is 0 Å². The van der Waals surface area contributed by atoms with Gasteiger partial charge in [0, 0.05) is 28.3 Å². The third-order valence-electron chi connectivity index (χ3n) is 5.62. The summed E-state index contributed by atoms with van der Waals surface area (Å²) in [7, 11) is 0. The van der Waals surface area contributed by atoms with E-state index < -0.39 is 12.1 Å². The summed E-state index contributed by atoms with van der Waals surface area (Å²) in [5.41, 5.74) is 6.07. The number of anilines is 1. The van der Waals surface area contributed by atoms with E-state index in [1.165, 1.54) is 0 Å². The zero-order chi connectivity index (χ0) is 21.5. The van der Waals surface area contributed by atoms with Crippen LogP contribution >= 0.6 is 11.6 Å². The van der Waals surface area contributed by atoms with Crippen LogP contribution in [0, 0.1) is 6.92 Å². The Bertz CT molecular complexity index is 1240. The normalized spacial score (nSPS) is 17.1. The maximum absolute atomic E-state index is 13.4. The topological polar surface area (TPSA) is 61.8 Å². The Hall–Kier alpha value is -3.44. The third-order valence-corrected chi connectivity index (χ3v) is 5.86. The minimum atomic E-state index is -1.03. The van der Waals surface area contributed by atoms with E-state index in [4.69, 9.17) is 16.6 Å². The Balaban J connectivity index is 1.63. The maximum Gasteiger partial charge on any atom is 0.272 e. The number of nitrogens with one attached hydrogen (secondary N) is 1. The molecule has 5 nitrogen and oxygen atoms in total. The van der Waals surface area contributed by atoms with Crippen molar-refractivity contribution in [2.24, 2.45) is 4.99 Å². The van der Waals surface area contributed by atoms with Crippen molar-refractivity contribution in [3.63, 3.8) is 0 Å². The Morgan fingerprint density at radius 1 is 1.10 bits per heavy atom. The molecule has 0 unspecified atom stereocenters. The molecule has 0 bridgehead atoms. The fourth-order valence-electron chi connectivity index (χ4n) is 4.27. The van der Waals surface area contributed by atoms with Gasteiger partial charge in [0.25, 0.3) is 11.8 Å². The highest BCUT2D eigenvalue weighted by atomic mass is 35.5. The largest absolute Gasteiger partial charge is 0.322 e. The first kappa shape index (κ1) is 19.5. The summed E-state index contributed by atoms with van der Waals surface area (Å²) in [4.78, 5) is 32.9. The van der Waals surface area contributed by atoms with Gasteiger partial charge in [-0.1, -0.05) is 59.6 Å². The summed E-state index contributed by atoms with van der Waals surface area (Å²) in [6, 6.07) is 20.6. The molecule has 0 aromatic heterocycles. The predicted octanol–water partition coefficient (Wildman–Crippen LogP) is 4.14.